The molecule has 114 valence electrons. The van der Waals surface area contributed by atoms with Crippen LogP contribution in [-0.2, 0) is 0 Å². The third-order valence-corrected chi connectivity index (χ3v) is 3.10. The highest BCUT2D eigenvalue weighted by Gasteiger charge is 2.32. The minimum Gasteiger partial charge on any atom is -0.357 e. The molecule has 4 nitrogen and oxygen atoms in total. The Bertz CT molecular complexity index is 278. The lowest BCUT2D eigenvalue weighted by atomic mass is 10.1. The van der Waals surface area contributed by atoms with Gasteiger partial charge in [0.05, 0.1) is 6.54 Å². The quantitative estimate of drug-likeness (QED) is 0.436. The summed E-state index contributed by atoms with van der Waals surface area (Å²) in [7, 11) is 4.31. The fraction of sp³-hybridized carbons (Fsp3) is 0.929. The topological polar surface area (TPSA) is 39.7 Å². The van der Waals surface area contributed by atoms with E-state index in [1.54, 1.807) is 0 Å². The van der Waals surface area contributed by atoms with Gasteiger partial charge in [0.25, 0.3) is 0 Å². The fourth-order valence-corrected chi connectivity index (χ4v) is 2.06. The SMILES string of the molecule is CCNC(=NCC(C1CC1)N(C)C)NC(C)(C)C.I. The summed E-state index contributed by atoms with van der Waals surface area (Å²) in [5, 5.41) is 6.74. The molecule has 19 heavy (non-hydrogen) atoms. The molecule has 0 bridgehead atoms. The van der Waals surface area contributed by atoms with Crippen molar-refractivity contribution in [2.75, 3.05) is 27.2 Å². The standard InChI is InChI=1S/C14H30N4.HI/c1-7-15-13(17-14(2,3)4)16-10-12(18(5)6)11-8-9-11;/h11-12H,7-10H2,1-6H3,(H2,15,16,17);1H. The summed E-state index contributed by atoms with van der Waals surface area (Å²) in [6, 6.07) is 0.584. The Morgan fingerprint density at radius 2 is 1.89 bits per heavy atom. The van der Waals surface area contributed by atoms with Crippen molar-refractivity contribution in [3.8, 4) is 0 Å². The number of rotatable bonds is 5. The van der Waals surface area contributed by atoms with E-state index in [0.29, 0.717) is 6.04 Å². The number of aliphatic imine (C=N–C) groups is 1. The van der Waals surface area contributed by atoms with Crippen molar-refractivity contribution in [3.63, 3.8) is 0 Å². The van der Waals surface area contributed by atoms with Crippen LogP contribution in [0.1, 0.15) is 40.5 Å². The third kappa shape index (κ3) is 7.97. The van der Waals surface area contributed by atoms with Gasteiger partial charge in [0.15, 0.2) is 5.96 Å². The molecule has 0 aromatic rings. The monoisotopic (exact) mass is 382 g/mol. The largest absolute Gasteiger partial charge is 0.357 e. The second kappa shape index (κ2) is 8.29. The van der Waals surface area contributed by atoms with Gasteiger partial charge in [-0.15, -0.1) is 24.0 Å². The first-order chi connectivity index (χ1) is 8.33. The van der Waals surface area contributed by atoms with Crippen LogP contribution in [0.5, 0.6) is 0 Å². The molecule has 0 aromatic heterocycles. The number of nitrogens with zero attached hydrogens (tertiary/aromatic N) is 2. The molecule has 1 saturated carbocycles. The van der Waals surface area contributed by atoms with Crippen LogP contribution < -0.4 is 10.6 Å². The van der Waals surface area contributed by atoms with Gasteiger partial charge in [-0.2, -0.15) is 0 Å². The minimum atomic E-state index is 0. The highest BCUT2D eigenvalue weighted by atomic mass is 127. The first kappa shape index (κ1) is 19.0. The maximum absolute atomic E-state index is 4.73. The van der Waals surface area contributed by atoms with Crippen LogP contribution in [0.4, 0.5) is 0 Å². The van der Waals surface area contributed by atoms with E-state index in [0.717, 1.165) is 25.0 Å². The predicted molar refractivity (Wildman–Crippen MR) is 94.5 cm³/mol. The number of halogens is 1. The van der Waals surface area contributed by atoms with Crippen LogP contribution >= 0.6 is 24.0 Å². The molecular weight excluding hydrogens is 351 g/mol. The van der Waals surface area contributed by atoms with Gasteiger partial charge >= 0.3 is 0 Å². The second-order valence-electron chi connectivity index (χ2n) is 6.46. The van der Waals surface area contributed by atoms with E-state index in [1.807, 2.05) is 0 Å². The van der Waals surface area contributed by atoms with Crippen LogP contribution in [0, 0.1) is 5.92 Å². The number of hydrogen-bond donors (Lipinski definition) is 2. The number of hydrogen-bond acceptors (Lipinski definition) is 2. The van der Waals surface area contributed by atoms with Crippen molar-refractivity contribution >= 4 is 29.9 Å². The molecule has 0 saturated heterocycles. The van der Waals surface area contributed by atoms with Gasteiger partial charge in [-0.3, -0.25) is 4.99 Å². The molecule has 1 fully saturated rings. The van der Waals surface area contributed by atoms with E-state index in [1.165, 1.54) is 12.8 Å². The van der Waals surface area contributed by atoms with E-state index in [2.05, 4.69) is 57.3 Å². The van der Waals surface area contributed by atoms with Crippen LogP contribution in [0.25, 0.3) is 0 Å². The summed E-state index contributed by atoms with van der Waals surface area (Å²) in [6.07, 6.45) is 2.73. The molecule has 0 heterocycles. The normalized spacial score (nSPS) is 17.9. The number of guanidine groups is 1. The average molecular weight is 382 g/mol. The number of nitrogens with one attached hydrogen (secondary N) is 2. The van der Waals surface area contributed by atoms with E-state index in [9.17, 15) is 0 Å². The van der Waals surface area contributed by atoms with E-state index >= 15 is 0 Å². The van der Waals surface area contributed by atoms with Gasteiger partial charge in [-0.05, 0) is 60.5 Å². The Hall–Kier alpha value is -0.0400. The molecule has 1 unspecified atom stereocenters. The second-order valence-corrected chi connectivity index (χ2v) is 6.46. The maximum atomic E-state index is 4.73. The van der Waals surface area contributed by atoms with Gasteiger partial charge in [-0.1, -0.05) is 0 Å². The Morgan fingerprint density at radius 3 is 2.26 bits per heavy atom. The van der Waals surface area contributed by atoms with E-state index in [4.69, 9.17) is 4.99 Å². The Morgan fingerprint density at radius 1 is 1.32 bits per heavy atom. The molecule has 1 aliphatic carbocycles. The Balaban J connectivity index is 0.00000324. The van der Waals surface area contributed by atoms with Crippen molar-refractivity contribution in [3.05, 3.63) is 0 Å². The van der Waals surface area contributed by atoms with Crippen molar-refractivity contribution < 1.29 is 0 Å². The zero-order valence-electron chi connectivity index (χ0n) is 13.3. The molecule has 0 radical (unpaired) electrons. The smallest absolute Gasteiger partial charge is 0.191 e. The predicted octanol–water partition coefficient (Wildman–Crippen LogP) is 2.30. The van der Waals surface area contributed by atoms with E-state index < -0.39 is 0 Å². The van der Waals surface area contributed by atoms with Crippen LogP contribution in [0.3, 0.4) is 0 Å². The lowest BCUT2D eigenvalue weighted by Crippen LogP contribution is -2.48. The van der Waals surface area contributed by atoms with Crippen molar-refractivity contribution in [2.24, 2.45) is 10.9 Å². The van der Waals surface area contributed by atoms with Crippen LogP contribution in [0.2, 0.25) is 0 Å². The maximum Gasteiger partial charge on any atom is 0.191 e. The van der Waals surface area contributed by atoms with Gasteiger partial charge in [0.2, 0.25) is 0 Å². The fourth-order valence-electron chi connectivity index (χ4n) is 2.06. The lowest BCUT2D eigenvalue weighted by Gasteiger charge is -2.26. The van der Waals surface area contributed by atoms with Gasteiger partial charge < -0.3 is 15.5 Å². The summed E-state index contributed by atoms with van der Waals surface area (Å²) in [4.78, 5) is 7.04. The molecule has 0 spiro atoms. The average Bonchev–Trinajstić information content (AvgIpc) is 2.99. The van der Waals surface area contributed by atoms with Crippen molar-refractivity contribution in [1.82, 2.24) is 15.5 Å². The van der Waals surface area contributed by atoms with Crippen LogP contribution in [-0.4, -0.2) is 49.6 Å². The Labute approximate surface area is 135 Å². The highest BCUT2D eigenvalue weighted by molar-refractivity contribution is 14.0. The first-order valence-electron chi connectivity index (χ1n) is 7.06. The molecule has 0 aliphatic heterocycles. The summed E-state index contributed by atoms with van der Waals surface area (Å²) in [5.41, 5.74) is 0.0498. The zero-order valence-corrected chi connectivity index (χ0v) is 15.6. The van der Waals surface area contributed by atoms with Gasteiger partial charge in [-0.25, -0.2) is 0 Å². The molecule has 5 heteroatoms. The molecule has 1 atom stereocenters. The zero-order chi connectivity index (χ0) is 13.8. The summed E-state index contributed by atoms with van der Waals surface area (Å²) in [6.45, 7) is 10.4. The van der Waals surface area contributed by atoms with Crippen LogP contribution in [0.15, 0.2) is 4.99 Å². The molecule has 1 aliphatic rings. The van der Waals surface area contributed by atoms with Gasteiger partial charge in [0, 0.05) is 18.1 Å². The molecule has 0 amide bonds. The molecule has 0 aromatic carbocycles. The molecule has 2 N–H and O–H groups in total. The lowest BCUT2D eigenvalue weighted by molar-refractivity contribution is 0.271. The summed E-state index contributed by atoms with van der Waals surface area (Å²) < 4.78 is 0. The minimum absolute atomic E-state index is 0. The van der Waals surface area contributed by atoms with E-state index in [-0.39, 0.29) is 29.5 Å². The molecule has 1 rings (SSSR count). The highest BCUT2D eigenvalue weighted by Crippen LogP contribution is 2.34. The summed E-state index contributed by atoms with van der Waals surface area (Å²) >= 11 is 0. The van der Waals surface area contributed by atoms with Crippen molar-refractivity contribution in [1.29, 1.82) is 0 Å². The van der Waals surface area contributed by atoms with Crippen molar-refractivity contribution in [2.45, 2.75) is 52.1 Å². The number of likely N-dealkylation sites (N-methyl/N-ethyl adjacent to an activating group) is 1. The first-order valence-corrected chi connectivity index (χ1v) is 7.06. The molecular formula is C14H31IN4. The third-order valence-electron chi connectivity index (χ3n) is 3.10. The van der Waals surface area contributed by atoms with Gasteiger partial charge in [0.1, 0.15) is 0 Å². The Kier molecular flexibility index (Phi) is 8.27. The summed E-state index contributed by atoms with van der Waals surface area (Å²) in [5.74, 6) is 1.78.